The van der Waals surface area contributed by atoms with Gasteiger partial charge in [0.05, 0.1) is 7.11 Å². The SMILES string of the molecule is C.C.C.CCc1ccccc1O.COc1ccccc1O. The smallest absolute Gasteiger partial charge is 0.160 e. The van der Waals surface area contributed by atoms with Gasteiger partial charge in [-0.1, -0.05) is 59.5 Å². The number of methoxy groups -OCH3 is 1. The van der Waals surface area contributed by atoms with Gasteiger partial charge in [0.25, 0.3) is 0 Å². The third-order valence-corrected chi connectivity index (χ3v) is 2.46. The molecular formula is C18H30O3. The zero-order chi connectivity index (χ0) is 13.4. The molecular weight excluding hydrogens is 264 g/mol. The van der Waals surface area contributed by atoms with E-state index in [1.165, 1.54) is 7.11 Å². The van der Waals surface area contributed by atoms with Crippen molar-refractivity contribution in [1.29, 1.82) is 0 Å². The van der Waals surface area contributed by atoms with Crippen LogP contribution in [0.25, 0.3) is 0 Å². The van der Waals surface area contributed by atoms with E-state index in [9.17, 15) is 0 Å². The summed E-state index contributed by atoms with van der Waals surface area (Å²) in [4.78, 5) is 0. The minimum Gasteiger partial charge on any atom is -0.508 e. The standard InChI is InChI=1S/C8H10O.C7H8O2.3CH4/c1-2-7-5-3-4-6-8(7)9;1-9-7-5-3-2-4-6(7)8;;;/h3-6,9H,2H2,1H3;2-5,8H,1H3;3*1H4. The Morgan fingerprint density at radius 2 is 1.29 bits per heavy atom. The lowest BCUT2D eigenvalue weighted by molar-refractivity contribution is 0.373. The van der Waals surface area contributed by atoms with Gasteiger partial charge in [-0.3, -0.25) is 0 Å². The molecule has 0 aromatic heterocycles. The summed E-state index contributed by atoms with van der Waals surface area (Å²) >= 11 is 0. The predicted molar refractivity (Wildman–Crippen MR) is 92.3 cm³/mol. The highest BCUT2D eigenvalue weighted by atomic mass is 16.5. The molecule has 0 spiro atoms. The van der Waals surface area contributed by atoms with Crippen molar-refractivity contribution in [3.8, 4) is 17.2 Å². The molecule has 0 amide bonds. The van der Waals surface area contributed by atoms with Gasteiger partial charge in [-0.15, -0.1) is 0 Å². The second-order valence-corrected chi connectivity index (χ2v) is 3.65. The highest BCUT2D eigenvalue weighted by Crippen LogP contribution is 2.23. The van der Waals surface area contributed by atoms with Gasteiger partial charge >= 0.3 is 0 Å². The molecule has 3 nitrogen and oxygen atoms in total. The Bertz CT molecular complexity index is 436. The number of phenolic OH excluding ortho intramolecular Hbond substituents is 2. The van der Waals surface area contributed by atoms with Gasteiger partial charge in [0.15, 0.2) is 11.5 Å². The molecule has 0 unspecified atom stereocenters. The Hall–Kier alpha value is -2.16. The first kappa shape index (κ1) is 23.9. The van der Waals surface area contributed by atoms with E-state index in [0.717, 1.165) is 12.0 Å². The maximum atomic E-state index is 9.11. The van der Waals surface area contributed by atoms with E-state index in [1.54, 1.807) is 30.3 Å². The van der Waals surface area contributed by atoms with Crippen LogP contribution in [-0.2, 0) is 6.42 Å². The average Bonchev–Trinajstić information content (AvgIpc) is 2.41. The Balaban J connectivity index is -0.000000270. The van der Waals surface area contributed by atoms with E-state index in [4.69, 9.17) is 14.9 Å². The van der Waals surface area contributed by atoms with E-state index in [-0.39, 0.29) is 28.0 Å². The third-order valence-electron chi connectivity index (χ3n) is 2.46. The first-order valence-corrected chi connectivity index (χ1v) is 5.77. The van der Waals surface area contributed by atoms with E-state index >= 15 is 0 Å². The second kappa shape index (κ2) is 12.9. The first-order valence-electron chi connectivity index (χ1n) is 5.77. The zero-order valence-corrected chi connectivity index (χ0v) is 10.6. The molecule has 2 rings (SSSR count). The molecule has 3 heteroatoms. The van der Waals surface area contributed by atoms with Gasteiger partial charge in [-0.25, -0.2) is 0 Å². The number of aromatic hydroxyl groups is 2. The van der Waals surface area contributed by atoms with Crippen molar-refractivity contribution < 1.29 is 14.9 Å². The normalized spacial score (nSPS) is 7.90. The molecule has 2 aromatic rings. The van der Waals surface area contributed by atoms with Gasteiger partial charge in [0.1, 0.15) is 5.75 Å². The van der Waals surface area contributed by atoms with Gasteiger partial charge < -0.3 is 14.9 Å². The van der Waals surface area contributed by atoms with Crippen molar-refractivity contribution in [3.63, 3.8) is 0 Å². The number of aryl methyl sites for hydroxylation is 1. The molecule has 0 aliphatic heterocycles. The van der Waals surface area contributed by atoms with Gasteiger partial charge in [-0.05, 0) is 30.2 Å². The Morgan fingerprint density at radius 3 is 1.62 bits per heavy atom. The van der Waals surface area contributed by atoms with Crippen LogP contribution < -0.4 is 4.74 Å². The highest BCUT2D eigenvalue weighted by Gasteiger charge is 1.94. The van der Waals surface area contributed by atoms with E-state index < -0.39 is 0 Å². The molecule has 0 atom stereocenters. The maximum Gasteiger partial charge on any atom is 0.160 e. The van der Waals surface area contributed by atoms with Crippen LogP contribution >= 0.6 is 0 Å². The fraction of sp³-hybridized carbons (Fsp3) is 0.333. The molecule has 0 radical (unpaired) electrons. The average molecular weight is 294 g/mol. The summed E-state index contributed by atoms with van der Waals surface area (Å²) in [5.74, 6) is 1.09. The van der Waals surface area contributed by atoms with Crippen LogP contribution in [0.4, 0.5) is 0 Å². The summed E-state index contributed by atoms with van der Waals surface area (Å²) in [5, 5.41) is 18.1. The third kappa shape index (κ3) is 7.88. The topological polar surface area (TPSA) is 49.7 Å². The molecule has 120 valence electrons. The minimum absolute atomic E-state index is 0. The first-order chi connectivity index (χ1) is 8.69. The molecule has 0 fully saturated rings. The molecule has 0 saturated carbocycles. The van der Waals surface area contributed by atoms with Crippen LogP contribution in [0.2, 0.25) is 0 Å². The Kier molecular flexibility index (Phi) is 14.6. The van der Waals surface area contributed by atoms with Crippen LogP contribution in [0.15, 0.2) is 48.5 Å². The number of hydrogen-bond acceptors (Lipinski definition) is 3. The highest BCUT2D eigenvalue weighted by molar-refractivity contribution is 5.37. The minimum atomic E-state index is 0. The second-order valence-electron chi connectivity index (χ2n) is 3.65. The van der Waals surface area contributed by atoms with Gasteiger partial charge in [0, 0.05) is 0 Å². The lowest BCUT2D eigenvalue weighted by Crippen LogP contribution is -1.80. The summed E-state index contributed by atoms with van der Waals surface area (Å²) in [5.41, 5.74) is 1.01. The van der Waals surface area contributed by atoms with Crippen molar-refractivity contribution in [2.75, 3.05) is 7.11 Å². The molecule has 2 N–H and O–H groups in total. The van der Waals surface area contributed by atoms with E-state index in [2.05, 4.69) is 0 Å². The number of para-hydroxylation sites is 3. The molecule has 0 saturated heterocycles. The fourth-order valence-corrected chi connectivity index (χ4v) is 1.44. The Labute approximate surface area is 129 Å². The Morgan fingerprint density at radius 1 is 0.810 bits per heavy atom. The fourth-order valence-electron chi connectivity index (χ4n) is 1.44. The van der Waals surface area contributed by atoms with Crippen LogP contribution in [0.3, 0.4) is 0 Å². The van der Waals surface area contributed by atoms with Crippen molar-refractivity contribution in [2.24, 2.45) is 0 Å². The summed E-state index contributed by atoms with van der Waals surface area (Å²) in [6, 6.07) is 14.2. The molecule has 0 bridgehead atoms. The summed E-state index contributed by atoms with van der Waals surface area (Å²) in [6.07, 6.45) is 0.896. The summed E-state index contributed by atoms with van der Waals surface area (Å²) in [6.45, 7) is 2.02. The van der Waals surface area contributed by atoms with Crippen LogP contribution in [-0.4, -0.2) is 17.3 Å². The van der Waals surface area contributed by atoms with Crippen molar-refractivity contribution in [2.45, 2.75) is 35.6 Å². The molecule has 21 heavy (non-hydrogen) atoms. The summed E-state index contributed by atoms with van der Waals surface area (Å²) < 4.78 is 4.79. The van der Waals surface area contributed by atoms with Crippen molar-refractivity contribution in [1.82, 2.24) is 0 Å². The number of hydrogen-bond donors (Lipinski definition) is 2. The van der Waals surface area contributed by atoms with Gasteiger partial charge in [-0.2, -0.15) is 0 Å². The van der Waals surface area contributed by atoms with Crippen LogP contribution in [0.1, 0.15) is 34.8 Å². The number of phenols is 2. The largest absolute Gasteiger partial charge is 0.508 e. The van der Waals surface area contributed by atoms with E-state index in [0.29, 0.717) is 11.5 Å². The molecule has 0 aliphatic rings. The number of rotatable bonds is 2. The number of ether oxygens (including phenoxy) is 1. The van der Waals surface area contributed by atoms with Gasteiger partial charge in [0.2, 0.25) is 0 Å². The molecule has 0 heterocycles. The van der Waals surface area contributed by atoms with Crippen LogP contribution in [0.5, 0.6) is 17.2 Å². The quantitative estimate of drug-likeness (QED) is 0.794. The molecule has 0 aliphatic carbocycles. The van der Waals surface area contributed by atoms with Crippen molar-refractivity contribution >= 4 is 0 Å². The maximum absolute atomic E-state index is 9.11. The number of benzene rings is 2. The monoisotopic (exact) mass is 294 g/mol. The zero-order valence-electron chi connectivity index (χ0n) is 10.6. The van der Waals surface area contributed by atoms with Crippen molar-refractivity contribution in [3.05, 3.63) is 54.1 Å². The van der Waals surface area contributed by atoms with Crippen LogP contribution in [0, 0.1) is 0 Å². The lowest BCUT2D eigenvalue weighted by atomic mass is 10.1. The molecule has 2 aromatic carbocycles. The predicted octanol–water partition coefficient (Wildman–Crippen LogP) is 5.26. The lowest BCUT2D eigenvalue weighted by Gasteiger charge is -1.99. The van der Waals surface area contributed by atoms with E-state index in [1.807, 2.05) is 25.1 Å². The summed E-state index contributed by atoms with van der Waals surface area (Å²) in [7, 11) is 1.52.